The molecule has 0 radical (unpaired) electrons. The van der Waals surface area contributed by atoms with Gasteiger partial charge in [-0.05, 0) is 42.5 Å². The molecule has 0 saturated carbocycles. The van der Waals surface area contributed by atoms with E-state index < -0.39 is 0 Å². The highest BCUT2D eigenvalue weighted by molar-refractivity contribution is 5.76. The van der Waals surface area contributed by atoms with Crippen molar-refractivity contribution in [3.63, 3.8) is 0 Å². The van der Waals surface area contributed by atoms with Crippen LogP contribution in [0.5, 0.6) is 0 Å². The Kier molecular flexibility index (Phi) is 6.57. The second-order valence-electron chi connectivity index (χ2n) is 6.71. The highest BCUT2D eigenvalue weighted by Gasteiger charge is 2.18. The van der Waals surface area contributed by atoms with Crippen molar-refractivity contribution in [2.45, 2.75) is 32.2 Å². The summed E-state index contributed by atoms with van der Waals surface area (Å²) in [5.74, 6) is 0.307. The summed E-state index contributed by atoms with van der Waals surface area (Å²) in [6.07, 6.45) is 7.30. The number of hydrogen-bond acceptors (Lipinski definition) is 3. The van der Waals surface area contributed by atoms with Gasteiger partial charge >= 0.3 is 0 Å². The number of hydrogen-bond donors (Lipinski definition) is 0. The number of pyridine rings is 1. The fourth-order valence-electron chi connectivity index (χ4n) is 3.37. The van der Waals surface area contributed by atoms with Crippen LogP contribution in [0.1, 0.15) is 30.4 Å². The minimum atomic E-state index is 0.307. The summed E-state index contributed by atoms with van der Waals surface area (Å²) < 4.78 is 0. The van der Waals surface area contributed by atoms with Gasteiger partial charge in [-0.15, -0.1) is 0 Å². The molecule has 0 spiro atoms. The third kappa shape index (κ3) is 5.68. The van der Waals surface area contributed by atoms with Gasteiger partial charge in [0, 0.05) is 51.5 Å². The summed E-state index contributed by atoms with van der Waals surface area (Å²) in [5.41, 5.74) is 2.60. The quantitative estimate of drug-likeness (QED) is 0.812. The van der Waals surface area contributed by atoms with Crippen LogP contribution < -0.4 is 0 Å². The highest BCUT2D eigenvalue weighted by atomic mass is 16.2. The van der Waals surface area contributed by atoms with Crippen molar-refractivity contribution in [3.8, 4) is 0 Å². The first kappa shape index (κ1) is 17.6. The Balaban J connectivity index is 1.42. The average molecular weight is 337 g/mol. The van der Waals surface area contributed by atoms with Crippen molar-refractivity contribution in [1.82, 2.24) is 14.8 Å². The molecule has 2 heterocycles. The Labute approximate surface area is 150 Å². The number of carbonyl (C=O) groups excluding carboxylic acids is 1. The molecular weight excluding hydrogens is 310 g/mol. The van der Waals surface area contributed by atoms with Gasteiger partial charge < -0.3 is 4.90 Å². The largest absolute Gasteiger partial charge is 0.341 e. The molecule has 2 aromatic rings. The maximum Gasteiger partial charge on any atom is 0.222 e. The van der Waals surface area contributed by atoms with E-state index in [-0.39, 0.29) is 0 Å². The van der Waals surface area contributed by atoms with E-state index in [0.717, 1.165) is 52.0 Å². The molecular formula is C21H27N3O. The smallest absolute Gasteiger partial charge is 0.222 e. The zero-order valence-corrected chi connectivity index (χ0v) is 14.8. The zero-order valence-electron chi connectivity index (χ0n) is 14.8. The zero-order chi connectivity index (χ0) is 17.3. The second kappa shape index (κ2) is 9.33. The van der Waals surface area contributed by atoms with E-state index >= 15 is 0 Å². The van der Waals surface area contributed by atoms with Crippen LogP contribution in [0.15, 0.2) is 54.9 Å². The van der Waals surface area contributed by atoms with E-state index in [4.69, 9.17) is 0 Å². The van der Waals surface area contributed by atoms with Gasteiger partial charge in [-0.25, -0.2) is 0 Å². The minimum absolute atomic E-state index is 0.307. The minimum Gasteiger partial charge on any atom is -0.341 e. The lowest BCUT2D eigenvalue weighted by molar-refractivity contribution is -0.131. The predicted molar refractivity (Wildman–Crippen MR) is 100 cm³/mol. The fraction of sp³-hybridized carbons (Fsp3) is 0.429. The lowest BCUT2D eigenvalue weighted by Crippen LogP contribution is -2.35. The molecule has 1 fully saturated rings. The van der Waals surface area contributed by atoms with E-state index in [1.165, 1.54) is 11.1 Å². The first-order valence-electron chi connectivity index (χ1n) is 9.24. The van der Waals surface area contributed by atoms with Crippen molar-refractivity contribution in [1.29, 1.82) is 0 Å². The van der Waals surface area contributed by atoms with Gasteiger partial charge in [-0.2, -0.15) is 0 Å². The molecule has 0 unspecified atom stereocenters. The van der Waals surface area contributed by atoms with E-state index in [9.17, 15) is 4.79 Å². The van der Waals surface area contributed by atoms with E-state index in [2.05, 4.69) is 51.2 Å². The Morgan fingerprint density at radius 2 is 1.72 bits per heavy atom. The summed E-state index contributed by atoms with van der Waals surface area (Å²) in [5, 5.41) is 0. The molecule has 1 aromatic carbocycles. The lowest BCUT2D eigenvalue weighted by Gasteiger charge is -2.22. The molecule has 3 rings (SSSR count). The molecule has 4 heteroatoms. The molecule has 25 heavy (non-hydrogen) atoms. The summed E-state index contributed by atoms with van der Waals surface area (Å²) in [4.78, 5) is 21.1. The van der Waals surface area contributed by atoms with Gasteiger partial charge in [0.05, 0.1) is 0 Å². The van der Waals surface area contributed by atoms with Crippen LogP contribution in [0.25, 0.3) is 0 Å². The second-order valence-corrected chi connectivity index (χ2v) is 6.71. The lowest BCUT2D eigenvalue weighted by atomic mass is 10.1. The molecule has 0 N–H and O–H groups in total. The van der Waals surface area contributed by atoms with Crippen LogP contribution in [0, 0.1) is 0 Å². The molecule has 1 aliphatic rings. The molecule has 0 atom stereocenters. The van der Waals surface area contributed by atoms with Gasteiger partial charge in [0.2, 0.25) is 5.91 Å². The van der Waals surface area contributed by atoms with Gasteiger partial charge in [-0.3, -0.25) is 14.7 Å². The van der Waals surface area contributed by atoms with Crippen LogP contribution in [0.2, 0.25) is 0 Å². The number of aryl methyl sites for hydroxylation is 1. The molecule has 1 saturated heterocycles. The number of carbonyl (C=O) groups is 1. The highest BCUT2D eigenvalue weighted by Crippen LogP contribution is 2.11. The maximum atomic E-state index is 12.5. The number of nitrogens with zero attached hydrogens (tertiary/aromatic N) is 3. The van der Waals surface area contributed by atoms with Gasteiger partial charge in [-0.1, -0.05) is 30.3 Å². The number of amides is 1. The summed E-state index contributed by atoms with van der Waals surface area (Å²) in [6, 6.07) is 14.5. The Morgan fingerprint density at radius 1 is 0.920 bits per heavy atom. The predicted octanol–water partition coefficient (Wildman–Crippen LogP) is 3.14. The van der Waals surface area contributed by atoms with Crippen LogP contribution in [-0.2, 0) is 17.8 Å². The monoisotopic (exact) mass is 337 g/mol. The van der Waals surface area contributed by atoms with Crippen LogP contribution in [0.3, 0.4) is 0 Å². The summed E-state index contributed by atoms with van der Waals surface area (Å²) in [7, 11) is 0. The van der Waals surface area contributed by atoms with Crippen molar-refractivity contribution in [2.75, 3.05) is 26.2 Å². The first-order chi connectivity index (χ1) is 12.3. The first-order valence-corrected chi connectivity index (χ1v) is 9.24. The molecule has 0 aliphatic carbocycles. The fourth-order valence-corrected chi connectivity index (χ4v) is 3.37. The van der Waals surface area contributed by atoms with Crippen molar-refractivity contribution in [3.05, 3.63) is 66.0 Å². The molecule has 1 amide bonds. The van der Waals surface area contributed by atoms with Gasteiger partial charge in [0.1, 0.15) is 0 Å². The molecule has 132 valence electrons. The van der Waals surface area contributed by atoms with Crippen LogP contribution >= 0.6 is 0 Å². The number of rotatable bonds is 6. The summed E-state index contributed by atoms with van der Waals surface area (Å²) >= 11 is 0. The Morgan fingerprint density at radius 3 is 2.52 bits per heavy atom. The number of benzene rings is 1. The average Bonchev–Trinajstić information content (AvgIpc) is 2.89. The topological polar surface area (TPSA) is 36.4 Å². The maximum absolute atomic E-state index is 12.5. The van der Waals surface area contributed by atoms with Gasteiger partial charge in [0.15, 0.2) is 0 Å². The Bertz CT molecular complexity index is 645. The van der Waals surface area contributed by atoms with Crippen LogP contribution in [0.4, 0.5) is 0 Å². The third-order valence-electron chi connectivity index (χ3n) is 4.80. The van der Waals surface area contributed by atoms with Crippen molar-refractivity contribution >= 4 is 5.91 Å². The molecule has 1 aliphatic heterocycles. The van der Waals surface area contributed by atoms with Crippen LogP contribution in [-0.4, -0.2) is 46.9 Å². The van der Waals surface area contributed by atoms with E-state index in [1.807, 2.05) is 18.5 Å². The van der Waals surface area contributed by atoms with E-state index in [0.29, 0.717) is 12.3 Å². The summed E-state index contributed by atoms with van der Waals surface area (Å²) in [6.45, 7) is 4.67. The Hall–Kier alpha value is -2.20. The van der Waals surface area contributed by atoms with Crippen molar-refractivity contribution < 1.29 is 4.79 Å². The SMILES string of the molecule is O=C(CCCc1ccccc1)N1CCCN(Cc2ccncc2)CC1. The normalized spacial score (nSPS) is 15.8. The standard InChI is InChI=1S/C21H27N3O/c25-21(9-4-8-19-6-2-1-3-7-19)24-15-5-14-23(16-17-24)18-20-10-12-22-13-11-20/h1-3,6-7,10-13H,4-5,8-9,14-18H2. The van der Waals surface area contributed by atoms with Gasteiger partial charge in [0.25, 0.3) is 0 Å². The number of aromatic nitrogens is 1. The van der Waals surface area contributed by atoms with E-state index in [1.54, 1.807) is 0 Å². The van der Waals surface area contributed by atoms with Crippen molar-refractivity contribution in [2.24, 2.45) is 0 Å². The molecule has 1 aromatic heterocycles. The third-order valence-corrected chi connectivity index (χ3v) is 4.80. The molecule has 0 bridgehead atoms. The molecule has 4 nitrogen and oxygen atoms in total.